The standard InChI is InChI=1S/C11H18O4S/c1-5-13-10-8(16-4)9(12)11(10,14-6-2)15-7-3/h5-7H2,1-4H3. The fourth-order valence-corrected chi connectivity index (χ4v) is 2.34. The van der Waals surface area contributed by atoms with E-state index in [1.165, 1.54) is 11.8 Å². The van der Waals surface area contributed by atoms with Crippen LogP contribution >= 0.6 is 11.8 Å². The first-order valence-corrected chi connectivity index (χ1v) is 6.64. The van der Waals surface area contributed by atoms with E-state index in [-0.39, 0.29) is 5.78 Å². The molecule has 0 saturated heterocycles. The van der Waals surface area contributed by atoms with Crippen LogP contribution in [0.5, 0.6) is 0 Å². The third kappa shape index (κ3) is 1.99. The van der Waals surface area contributed by atoms with E-state index in [0.717, 1.165) is 0 Å². The number of hydrogen-bond donors (Lipinski definition) is 0. The number of carbonyl (C=O) groups excluding carboxylic acids is 1. The van der Waals surface area contributed by atoms with Crippen molar-refractivity contribution in [3.8, 4) is 0 Å². The number of hydrogen-bond acceptors (Lipinski definition) is 5. The van der Waals surface area contributed by atoms with Crippen molar-refractivity contribution in [2.24, 2.45) is 0 Å². The van der Waals surface area contributed by atoms with Crippen molar-refractivity contribution < 1.29 is 19.0 Å². The Labute approximate surface area is 100 Å². The lowest BCUT2D eigenvalue weighted by molar-refractivity contribution is -0.229. The minimum Gasteiger partial charge on any atom is -0.491 e. The average Bonchev–Trinajstić information content (AvgIpc) is 2.28. The largest absolute Gasteiger partial charge is 0.491 e. The van der Waals surface area contributed by atoms with E-state index in [4.69, 9.17) is 14.2 Å². The third-order valence-corrected chi connectivity index (χ3v) is 2.98. The van der Waals surface area contributed by atoms with Gasteiger partial charge < -0.3 is 14.2 Å². The van der Waals surface area contributed by atoms with Crippen molar-refractivity contribution in [1.29, 1.82) is 0 Å². The predicted octanol–water partition coefficient (Wildman–Crippen LogP) is 1.95. The quantitative estimate of drug-likeness (QED) is 0.642. The molecule has 92 valence electrons. The predicted molar refractivity (Wildman–Crippen MR) is 63.2 cm³/mol. The van der Waals surface area contributed by atoms with E-state index < -0.39 is 5.79 Å². The van der Waals surface area contributed by atoms with Crippen LogP contribution in [0, 0.1) is 0 Å². The van der Waals surface area contributed by atoms with E-state index in [9.17, 15) is 4.79 Å². The van der Waals surface area contributed by atoms with Crippen LogP contribution in [0.15, 0.2) is 10.7 Å². The molecule has 1 aliphatic rings. The van der Waals surface area contributed by atoms with Gasteiger partial charge in [-0.2, -0.15) is 0 Å². The molecule has 0 aromatic rings. The molecular formula is C11H18O4S. The second-order valence-electron chi connectivity index (χ2n) is 3.11. The number of carbonyl (C=O) groups is 1. The normalized spacial score (nSPS) is 18.6. The molecule has 0 unspecified atom stereocenters. The van der Waals surface area contributed by atoms with Crippen molar-refractivity contribution in [1.82, 2.24) is 0 Å². The highest BCUT2D eigenvalue weighted by molar-refractivity contribution is 8.03. The number of ketones is 1. The van der Waals surface area contributed by atoms with Gasteiger partial charge in [0.2, 0.25) is 5.78 Å². The van der Waals surface area contributed by atoms with E-state index in [1.807, 2.05) is 27.0 Å². The van der Waals surface area contributed by atoms with Crippen molar-refractivity contribution >= 4 is 17.5 Å². The SMILES string of the molecule is CCOC1=C(SC)C(=O)C1(OCC)OCC. The van der Waals surface area contributed by atoms with Gasteiger partial charge >= 0.3 is 0 Å². The zero-order chi connectivity index (χ0) is 12.2. The van der Waals surface area contributed by atoms with Crippen molar-refractivity contribution in [2.75, 3.05) is 26.1 Å². The summed E-state index contributed by atoms with van der Waals surface area (Å²) in [4.78, 5) is 12.6. The number of rotatable bonds is 7. The van der Waals surface area contributed by atoms with Gasteiger partial charge in [0.25, 0.3) is 5.79 Å². The smallest absolute Gasteiger partial charge is 0.296 e. The van der Waals surface area contributed by atoms with E-state index in [1.54, 1.807) is 0 Å². The van der Waals surface area contributed by atoms with Gasteiger partial charge in [0.1, 0.15) is 4.91 Å². The minimum atomic E-state index is -1.28. The van der Waals surface area contributed by atoms with Crippen LogP contribution in [0.4, 0.5) is 0 Å². The fourth-order valence-electron chi connectivity index (χ4n) is 1.64. The van der Waals surface area contributed by atoms with Gasteiger partial charge in [-0.1, -0.05) is 0 Å². The summed E-state index contributed by atoms with van der Waals surface area (Å²) in [5, 5.41) is 0. The second-order valence-corrected chi connectivity index (χ2v) is 3.92. The Morgan fingerprint density at radius 2 is 1.69 bits per heavy atom. The molecule has 1 aliphatic carbocycles. The van der Waals surface area contributed by atoms with E-state index in [0.29, 0.717) is 30.5 Å². The number of thioether (sulfide) groups is 1. The number of ether oxygens (including phenoxy) is 3. The summed E-state index contributed by atoms with van der Waals surface area (Å²) in [7, 11) is 0. The maximum atomic E-state index is 12.0. The molecule has 0 heterocycles. The Bertz CT molecular complexity index is 292. The van der Waals surface area contributed by atoms with Gasteiger partial charge in [-0.05, 0) is 27.0 Å². The van der Waals surface area contributed by atoms with Crippen LogP contribution < -0.4 is 0 Å². The maximum Gasteiger partial charge on any atom is 0.296 e. The van der Waals surface area contributed by atoms with Gasteiger partial charge in [-0.15, -0.1) is 11.8 Å². The van der Waals surface area contributed by atoms with Gasteiger partial charge in [0.05, 0.1) is 6.61 Å². The highest BCUT2D eigenvalue weighted by Gasteiger charge is 2.58. The van der Waals surface area contributed by atoms with Crippen LogP contribution in [0.2, 0.25) is 0 Å². The molecule has 0 bridgehead atoms. The second kappa shape index (κ2) is 5.70. The Balaban J connectivity index is 3.01. The van der Waals surface area contributed by atoms with E-state index >= 15 is 0 Å². The summed E-state index contributed by atoms with van der Waals surface area (Å²) in [6.45, 7) is 6.84. The third-order valence-electron chi connectivity index (χ3n) is 2.20. The molecule has 5 heteroatoms. The zero-order valence-corrected chi connectivity index (χ0v) is 11.0. The molecule has 0 radical (unpaired) electrons. The Morgan fingerprint density at radius 1 is 1.12 bits per heavy atom. The summed E-state index contributed by atoms with van der Waals surface area (Å²) in [5.74, 6) is -0.888. The van der Waals surface area contributed by atoms with Crippen LogP contribution in [-0.2, 0) is 19.0 Å². The first-order chi connectivity index (χ1) is 7.67. The minimum absolute atomic E-state index is 0.132. The molecule has 0 aliphatic heterocycles. The molecule has 0 N–H and O–H groups in total. The molecule has 4 nitrogen and oxygen atoms in total. The first kappa shape index (κ1) is 13.5. The molecule has 0 saturated carbocycles. The van der Waals surface area contributed by atoms with Gasteiger partial charge in [0.15, 0.2) is 5.76 Å². The molecular weight excluding hydrogens is 228 g/mol. The van der Waals surface area contributed by atoms with Crippen LogP contribution in [-0.4, -0.2) is 37.6 Å². The monoisotopic (exact) mass is 246 g/mol. The lowest BCUT2D eigenvalue weighted by Crippen LogP contribution is -2.55. The van der Waals surface area contributed by atoms with Gasteiger partial charge in [-0.25, -0.2) is 0 Å². The summed E-state index contributed by atoms with van der Waals surface area (Å²) >= 11 is 1.37. The van der Waals surface area contributed by atoms with Crippen molar-refractivity contribution in [2.45, 2.75) is 26.6 Å². The van der Waals surface area contributed by atoms with Crippen LogP contribution in [0.25, 0.3) is 0 Å². The highest BCUT2D eigenvalue weighted by Crippen LogP contribution is 2.44. The lowest BCUT2D eigenvalue weighted by Gasteiger charge is -2.40. The van der Waals surface area contributed by atoms with E-state index in [2.05, 4.69) is 0 Å². The van der Waals surface area contributed by atoms with Crippen LogP contribution in [0.1, 0.15) is 20.8 Å². The van der Waals surface area contributed by atoms with Gasteiger partial charge in [-0.3, -0.25) is 4.79 Å². The summed E-state index contributed by atoms with van der Waals surface area (Å²) in [6, 6.07) is 0. The Hall–Kier alpha value is -0.520. The molecule has 0 aromatic heterocycles. The summed E-state index contributed by atoms with van der Waals surface area (Å²) < 4.78 is 16.4. The van der Waals surface area contributed by atoms with Crippen molar-refractivity contribution in [3.63, 3.8) is 0 Å². The maximum absolute atomic E-state index is 12.0. The highest BCUT2D eigenvalue weighted by atomic mass is 32.2. The Kier molecular flexibility index (Phi) is 4.83. The van der Waals surface area contributed by atoms with Crippen molar-refractivity contribution in [3.05, 3.63) is 10.7 Å². The lowest BCUT2D eigenvalue weighted by atomic mass is 9.96. The van der Waals surface area contributed by atoms with Gasteiger partial charge in [0, 0.05) is 13.2 Å². The topological polar surface area (TPSA) is 44.8 Å². The zero-order valence-electron chi connectivity index (χ0n) is 10.2. The molecule has 16 heavy (non-hydrogen) atoms. The first-order valence-electron chi connectivity index (χ1n) is 5.42. The molecule has 1 rings (SSSR count). The fraction of sp³-hybridized carbons (Fsp3) is 0.727. The molecule has 0 aromatic carbocycles. The number of Topliss-reactive ketones (excluding diaryl/α,β-unsaturated/α-hetero) is 1. The van der Waals surface area contributed by atoms with Crippen LogP contribution in [0.3, 0.4) is 0 Å². The summed E-state index contributed by atoms with van der Waals surface area (Å²) in [5.41, 5.74) is 0. The average molecular weight is 246 g/mol. The molecule has 0 spiro atoms. The Morgan fingerprint density at radius 3 is 2.06 bits per heavy atom. The molecule has 0 atom stereocenters. The molecule has 0 fully saturated rings. The summed E-state index contributed by atoms with van der Waals surface area (Å²) in [6.07, 6.45) is 1.84. The molecule has 0 amide bonds.